The zero-order valence-electron chi connectivity index (χ0n) is 11.0. The quantitative estimate of drug-likeness (QED) is 0.736. The van der Waals surface area contributed by atoms with E-state index in [4.69, 9.17) is 10.8 Å². The third-order valence-electron chi connectivity index (χ3n) is 2.91. The van der Waals surface area contributed by atoms with Crippen molar-refractivity contribution in [2.24, 2.45) is 5.73 Å². The van der Waals surface area contributed by atoms with Crippen molar-refractivity contribution in [1.82, 2.24) is 0 Å². The first kappa shape index (κ1) is 17.0. The molecule has 0 saturated carbocycles. The second kappa shape index (κ2) is 8.19. The van der Waals surface area contributed by atoms with Gasteiger partial charge < -0.3 is 20.8 Å². The van der Waals surface area contributed by atoms with E-state index < -0.39 is 0 Å². The lowest BCUT2D eigenvalue weighted by Gasteiger charge is -2.22. The van der Waals surface area contributed by atoms with Crippen molar-refractivity contribution in [2.75, 3.05) is 24.6 Å². The van der Waals surface area contributed by atoms with E-state index in [9.17, 15) is 5.11 Å². The molecule has 0 fully saturated rings. The highest BCUT2D eigenvalue weighted by Gasteiger charge is 2.09. The van der Waals surface area contributed by atoms with Gasteiger partial charge in [-0.3, -0.25) is 0 Å². The Labute approximate surface area is 115 Å². The van der Waals surface area contributed by atoms with Crippen LogP contribution in [-0.2, 0) is 6.42 Å². The minimum absolute atomic E-state index is 0. The Kier molecular flexibility index (Phi) is 7.75. The van der Waals surface area contributed by atoms with Crippen LogP contribution in [0.5, 0.6) is 5.75 Å². The van der Waals surface area contributed by atoms with Crippen molar-refractivity contribution in [3.8, 4) is 5.75 Å². The molecule has 104 valence electrons. The van der Waals surface area contributed by atoms with Gasteiger partial charge in [0.25, 0.3) is 0 Å². The van der Waals surface area contributed by atoms with Crippen LogP contribution in [0.4, 0.5) is 5.69 Å². The number of hydrogen-bond donors (Lipinski definition) is 3. The molecule has 0 aliphatic heterocycles. The van der Waals surface area contributed by atoms with Gasteiger partial charge in [0.05, 0.1) is 6.61 Å². The van der Waals surface area contributed by atoms with Gasteiger partial charge in [0.15, 0.2) is 0 Å². The molecular weight excluding hydrogens is 252 g/mol. The van der Waals surface area contributed by atoms with Crippen LogP contribution in [0, 0.1) is 0 Å². The van der Waals surface area contributed by atoms with Gasteiger partial charge in [-0.25, -0.2) is 0 Å². The first-order chi connectivity index (χ1) is 8.12. The van der Waals surface area contributed by atoms with Crippen molar-refractivity contribution in [3.05, 3.63) is 23.8 Å². The highest BCUT2D eigenvalue weighted by atomic mass is 35.5. The molecule has 0 aromatic heterocycles. The number of hydrogen-bond acceptors (Lipinski definition) is 4. The summed E-state index contributed by atoms with van der Waals surface area (Å²) in [6.07, 6.45) is 0.487. The fraction of sp³-hybridized carbons (Fsp3) is 0.538. The van der Waals surface area contributed by atoms with Crippen LogP contribution in [0.15, 0.2) is 18.2 Å². The normalized spacial score (nSPS) is 11.8. The van der Waals surface area contributed by atoms with Crippen molar-refractivity contribution in [1.29, 1.82) is 0 Å². The van der Waals surface area contributed by atoms with Crippen molar-refractivity contribution < 1.29 is 10.2 Å². The number of aliphatic hydroxyl groups is 1. The van der Waals surface area contributed by atoms with Crippen LogP contribution in [0.2, 0.25) is 0 Å². The number of nitrogens with zero attached hydrogens (tertiary/aromatic N) is 1. The first-order valence-electron chi connectivity index (χ1n) is 6.05. The largest absolute Gasteiger partial charge is 0.508 e. The Morgan fingerprint density at radius 1 is 1.28 bits per heavy atom. The predicted molar refractivity (Wildman–Crippen MR) is 77.7 cm³/mol. The van der Waals surface area contributed by atoms with E-state index in [1.807, 2.05) is 12.1 Å². The van der Waals surface area contributed by atoms with Crippen molar-refractivity contribution in [3.63, 3.8) is 0 Å². The van der Waals surface area contributed by atoms with E-state index in [1.165, 1.54) is 0 Å². The lowest BCUT2D eigenvalue weighted by atomic mass is 10.1. The van der Waals surface area contributed by atoms with Gasteiger partial charge in [0, 0.05) is 30.9 Å². The number of phenolic OH excluding ortho intramolecular Hbond substituents is 1. The summed E-state index contributed by atoms with van der Waals surface area (Å²) in [6.45, 7) is 5.90. The predicted octanol–water partition coefficient (Wildman–Crippen LogP) is 1.52. The Balaban J connectivity index is 0.00000289. The number of aromatic hydroxyl groups is 1. The van der Waals surface area contributed by atoms with Crippen molar-refractivity contribution in [2.45, 2.75) is 26.3 Å². The number of halogens is 1. The Morgan fingerprint density at radius 2 is 1.89 bits per heavy atom. The summed E-state index contributed by atoms with van der Waals surface area (Å²) in [4.78, 5) is 2.16. The summed E-state index contributed by atoms with van der Waals surface area (Å²) in [5, 5.41) is 18.8. The molecule has 1 unspecified atom stereocenters. The third kappa shape index (κ3) is 4.37. The van der Waals surface area contributed by atoms with Gasteiger partial charge in [0.1, 0.15) is 5.75 Å². The second-order valence-electron chi connectivity index (χ2n) is 4.13. The van der Waals surface area contributed by atoms with Crippen LogP contribution in [0.3, 0.4) is 0 Å². The highest BCUT2D eigenvalue weighted by Crippen LogP contribution is 2.25. The van der Waals surface area contributed by atoms with E-state index in [0.717, 1.165) is 24.3 Å². The molecule has 1 atom stereocenters. The molecular formula is C13H23ClN2O2. The standard InChI is InChI=1S/C13H22N2O2.ClH/c1-3-15(4-2)12-6-5-10(13(17)8-12)7-11(14)9-16;/h5-6,8,11,16-17H,3-4,7,9,14H2,1-2H3;1H. The van der Waals surface area contributed by atoms with Gasteiger partial charge in [-0.2, -0.15) is 0 Å². The molecule has 0 radical (unpaired) electrons. The summed E-state index contributed by atoms with van der Waals surface area (Å²) >= 11 is 0. The van der Waals surface area contributed by atoms with Crippen LogP contribution in [0.25, 0.3) is 0 Å². The lowest BCUT2D eigenvalue weighted by molar-refractivity contribution is 0.264. The maximum absolute atomic E-state index is 9.91. The fourth-order valence-electron chi connectivity index (χ4n) is 1.86. The number of rotatable bonds is 6. The minimum atomic E-state index is -0.319. The minimum Gasteiger partial charge on any atom is -0.508 e. The average molecular weight is 275 g/mol. The number of benzene rings is 1. The molecule has 0 amide bonds. The summed E-state index contributed by atoms with van der Waals surface area (Å²) < 4.78 is 0. The SMILES string of the molecule is CCN(CC)c1ccc(CC(N)CO)c(O)c1.Cl. The van der Waals surface area contributed by atoms with Crippen LogP contribution in [0.1, 0.15) is 19.4 Å². The number of nitrogens with two attached hydrogens (primary N) is 1. The Morgan fingerprint density at radius 3 is 2.33 bits per heavy atom. The highest BCUT2D eigenvalue weighted by molar-refractivity contribution is 5.85. The molecule has 0 heterocycles. The zero-order chi connectivity index (χ0) is 12.8. The van der Waals surface area contributed by atoms with Crippen molar-refractivity contribution >= 4 is 18.1 Å². The molecule has 0 bridgehead atoms. The number of anilines is 1. The van der Waals surface area contributed by atoms with Crippen LogP contribution >= 0.6 is 12.4 Å². The molecule has 0 saturated heterocycles. The maximum Gasteiger partial charge on any atom is 0.120 e. The molecule has 0 spiro atoms. The van der Waals surface area contributed by atoms with Crippen LogP contribution in [-0.4, -0.2) is 36.0 Å². The summed E-state index contributed by atoms with van der Waals surface area (Å²) in [5.74, 6) is 0.248. The molecule has 1 aromatic carbocycles. The summed E-state index contributed by atoms with van der Waals surface area (Å²) in [7, 11) is 0. The van der Waals surface area contributed by atoms with E-state index in [1.54, 1.807) is 6.07 Å². The van der Waals surface area contributed by atoms with E-state index in [0.29, 0.717) is 6.42 Å². The lowest BCUT2D eigenvalue weighted by Crippen LogP contribution is -2.27. The first-order valence-corrected chi connectivity index (χ1v) is 6.05. The number of phenols is 1. The van der Waals surface area contributed by atoms with Gasteiger partial charge in [-0.1, -0.05) is 6.07 Å². The van der Waals surface area contributed by atoms with Gasteiger partial charge >= 0.3 is 0 Å². The molecule has 1 rings (SSSR count). The van der Waals surface area contributed by atoms with Crippen LogP contribution < -0.4 is 10.6 Å². The van der Waals surface area contributed by atoms with Gasteiger partial charge in [0.2, 0.25) is 0 Å². The maximum atomic E-state index is 9.91. The number of aliphatic hydroxyl groups excluding tert-OH is 1. The fourth-order valence-corrected chi connectivity index (χ4v) is 1.86. The summed E-state index contributed by atoms with van der Waals surface area (Å²) in [6, 6.07) is 5.29. The smallest absolute Gasteiger partial charge is 0.120 e. The Bertz CT molecular complexity index is 357. The third-order valence-corrected chi connectivity index (χ3v) is 2.91. The topological polar surface area (TPSA) is 69.7 Å². The monoisotopic (exact) mass is 274 g/mol. The molecule has 18 heavy (non-hydrogen) atoms. The van der Waals surface area contributed by atoms with Gasteiger partial charge in [-0.05, 0) is 31.9 Å². The van der Waals surface area contributed by atoms with Gasteiger partial charge in [-0.15, -0.1) is 12.4 Å². The molecule has 5 heteroatoms. The zero-order valence-corrected chi connectivity index (χ0v) is 11.8. The summed E-state index contributed by atoms with van der Waals surface area (Å²) in [5.41, 5.74) is 7.44. The van der Waals surface area contributed by atoms with E-state index in [-0.39, 0.29) is 30.8 Å². The molecule has 4 N–H and O–H groups in total. The van der Waals surface area contributed by atoms with E-state index in [2.05, 4.69) is 18.7 Å². The second-order valence-corrected chi connectivity index (χ2v) is 4.13. The van der Waals surface area contributed by atoms with E-state index >= 15 is 0 Å². The molecule has 4 nitrogen and oxygen atoms in total. The molecule has 1 aromatic rings. The molecule has 0 aliphatic carbocycles. The average Bonchev–Trinajstić information content (AvgIpc) is 2.33. The Hall–Kier alpha value is -0.970. The molecule has 0 aliphatic rings.